The molecule has 4 heteroatoms. The van der Waals surface area contributed by atoms with Crippen LogP contribution in [-0.4, -0.2) is 30.5 Å². The molecule has 0 bridgehead atoms. The molecule has 1 aromatic carbocycles. The van der Waals surface area contributed by atoms with Gasteiger partial charge in [-0.2, -0.15) is 0 Å². The summed E-state index contributed by atoms with van der Waals surface area (Å²) in [5, 5.41) is 12.5. The molecule has 1 aromatic rings. The molecule has 0 spiro atoms. The van der Waals surface area contributed by atoms with Crippen LogP contribution >= 0.6 is 0 Å². The molecule has 0 aliphatic carbocycles. The topological polar surface area (TPSA) is 50.7 Å². The van der Waals surface area contributed by atoms with E-state index in [0.29, 0.717) is 19.7 Å². The van der Waals surface area contributed by atoms with Crippen molar-refractivity contribution in [2.45, 2.75) is 45.9 Å². The highest BCUT2D eigenvalue weighted by Crippen LogP contribution is 2.35. The number of hydrogen-bond donors (Lipinski definition) is 2. The van der Waals surface area contributed by atoms with Crippen LogP contribution in [0, 0.1) is 0 Å². The number of benzene rings is 1. The van der Waals surface area contributed by atoms with Gasteiger partial charge in [-0.3, -0.25) is 0 Å². The van der Waals surface area contributed by atoms with Gasteiger partial charge >= 0.3 is 0 Å². The summed E-state index contributed by atoms with van der Waals surface area (Å²) >= 11 is 0. The van der Waals surface area contributed by atoms with Crippen molar-refractivity contribution in [1.29, 1.82) is 0 Å². The summed E-state index contributed by atoms with van der Waals surface area (Å²) < 4.78 is 11.5. The van der Waals surface area contributed by atoms with E-state index in [2.05, 4.69) is 24.4 Å². The summed E-state index contributed by atoms with van der Waals surface area (Å²) in [6.07, 6.45) is 0.836. The van der Waals surface area contributed by atoms with Crippen molar-refractivity contribution in [1.82, 2.24) is 5.32 Å². The second-order valence-corrected chi connectivity index (χ2v) is 5.11. The first-order valence-corrected chi connectivity index (χ1v) is 6.94. The van der Waals surface area contributed by atoms with E-state index in [-0.39, 0.29) is 12.2 Å². The average Bonchev–Trinajstić information content (AvgIpc) is 2.68. The van der Waals surface area contributed by atoms with Crippen molar-refractivity contribution >= 4 is 0 Å². The largest absolute Gasteiger partial charge is 0.494 e. The van der Waals surface area contributed by atoms with E-state index in [0.717, 1.165) is 23.5 Å². The molecule has 106 valence electrons. The van der Waals surface area contributed by atoms with Gasteiger partial charge in [0.05, 0.1) is 12.7 Å². The Morgan fingerprint density at radius 3 is 3.00 bits per heavy atom. The third kappa shape index (κ3) is 3.61. The van der Waals surface area contributed by atoms with Gasteiger partial charge in [-0.05, 0) is 32.9 Å². The lowest BCUT2D eigenvalue weighted by Crippen LogP contribution is -2.24. The van der Waals surface area contributed by atoms with Gasteiger partial charge in [0.1, 0.15) is 17.6 Å². The number of nitrogens with one attached hydrogen (secondary N) is 1. The Morgan fingerprint density at radius 1 is 1.53 bits per heavy atom. The number of rotatable bonds is 6. The molecule has 2 atom stereocenters. The van der Waals surface area contributed by atoms with Gasteiger partial charge < -0.3 is 19.9 Å². The SMILES string of the molecule is CCOc1cc2c(cc1CNC[C@H](C)O)O[C@@H](C)C2. The highest BCUT2D eigenvalue weighted by Gasteiger charge is 2.21. The van der Waals surface area contributed by atoms with Crippen LogP contribution in [-0.2, 0) is 13.0 Å². The zero-order valence-electron chi connectivity index (χ0n) is 11.9. The van der Waals surface area contributed by atoms with Gasteiger partial charge in [-0.15, -0.1) is 0 Å². The molecule has 19 heavy (non-hydrogen) atoms. The van der Waals surface area contributed by atoms with Crippen LogP contribution in [0.3, 0.4) is 0 Å². The minimum absolute atomic E-state index is 0.241. The molecule has 1 aliphatic rings. The Morgan fingerprint density at radius 2 is 2.32 bits per heavy atom. The number of aliphatic hydroxyl groups is 1. The third-order valence-electron chi connectivity index (χ3n) is 3.13. The summed E-state index contributed by atoms with van der Waals surface area (Å²) in [6, 6.07) is 4.14. The first-order valence-electron chi connectivity index (χ1n) is 6.94. The molecule has 0 saturated carbocycles. The normalized spacial score (nSPS) is 18.8. The summed E-state index contributed by atoms with van der Waals surface area (Å²) in [7, 11) is 0. The highest BCUT2D eigenvalue weighted by atomic mass is 16.5. The van der Waals surface area contributed by atoms with E-state index in [1.54, 1.807) is 6.92 Å². The van der Waals surface area contributed by atoms with E-state index in [4.69, 9.17) is 9.47 Å². The molecular weight excluding hydrogens is 242 g/mol. The molecule has 4 nitrogen and oxygen atoms in total. The summed E-state index contributed by atoms with van der Waals surface area (Å²) in [4.78, 5) is 0. The Labute approximate surface area is 114 Å². The third-order valence-corrected chi connectivity index (χ3v) is 3.13. The zero-order valence-corrected chi connectivity index (χ0v) is 11.9. The molecule has 0 amide bonds. The lowest BCUT2D eigenvalue weighted by molar-refractivity contribution is 0.190. The van der Waals surface area contributed by atoms with Gasteiger partial charge in [-0.1, -0.05) is 0 Å². The minimum atomic E-state index is -0.346. The molecule has 2 rings (SSSR count). The number of fused-ring (bicyclic) bond motifs is 1. The molecule has 0 fully saturated rings. The summed E-state index contributed by atoms with van der Waals surface area (Å²) in [5.74, 6) is 1.88. The standard InChI is InChI=1S/C15H23NO3/c1-4-18-14-6-12-5-11(3)19-15(12)7-13(14)9-16-8-10(2)17/h6-7,10-11,16-17H,4-5,8-9H2,1-3H3/t10-,11-/m0/s1. The lowest BCUT2D eigenvalue weighted by atomic mass is 10.1. The maximum atomic E-state index is 9.27. The summed E-state index contributed by atoms with van der Waals surface area (Å²) in [6.45, 7) is 7.72. The van der Waals surface area contributed by atoms with Crippen LogP contribution in [0.15, 0.2) is 12.1 Å². The molecule has 0 unspecified atom stereocenters. The van der Waals surface area contributed by atoms with E-state index >= 15 is 0 Å². The predicted molar refractivity (Wildman–Crippen MR) is 74.8 cm³/mol. The van der Waals surface area contributed by atoms with Crippen LogP contribution in [0.1, 0.15) is 31.9 Å². The maximum Gasteiger partial charge on any atom is 0.124 e. The van der Waals surface area contributed by atoms with E-state index < -0.39 is 0 Å². The van der Waals surface area contributed by atoms with Crippen molar-refractivity contribution in [3.63, 3.8) is 0 Å². The molecular formula is C15H23NO3. The molecule has 0 saturated heterocycles. The Balaban J connectivity index is 2.13. The van der Waals surface area contributed by atoms with Crippen LogP contribution in [0.5, 0.6) is 11.5 Å². The van der Waals surface area contributed by atoms with Gasteiger partial charge in [0.2, 0.25) is 0 Å². The molecule has 0 radical (unpaired) electrons. The quantitative estimate of drug-likeness (QED) is 0.824. The molecule has 2 N–H and O–H groups in total. The van der Waals surface area contributed by atoms with Crippen molar-refractivity contribution < 1.29 is 14.6 Å². The van der Waals surface area contributed by atoms with Gasteiger partial charge in [0.15, 0.2) is 0 Å². The van der Waals surface area contributed by atoms with Crippen LogP contribution in [0.2, 0.25) is 0 Å². The first kappa shape index (κ1) is 14.2. The predicted octanol–water partition coefficient (Wildman–Crippen LogP) is 1.88. The smallest absolute Gasteiger partial charge is 0.124 e. The Kier molecular flexibility index (Phi) is 4.66. The van der Waals surface area contributed by atoms with E-state index in [9.17, 15) is 5.11 Å². The fourth-order valence-electron chi connectivity index (χ4n) is 2.33. The van der Waals surface area contributed by atoms with Crippen molar-refractivity contribution in [3.05, 3.63) is 23.3 Å². The van der Waals surface area contributed by atoms with Gasteiger partial charge in [0.25, 0.3) is 0 Å². The molecule has 1 heterocycles. The molecule has 1 aliphatic heterocycles. The number of aliphatic hydroxyl groups excluding tert-OH is 1. The van der Waals surface area contributed by atoms with E-state index in [1.165, 1.54) is 5.56 Å². The first-order chi connectivity index (χ1) is 9.10. The van der Waals surface area contributed by atoms with Crippen molar-refractivity contribution in [2.75, 3.05) is 13.2 Å². The van der Waals surface area contributed by atoms with Crippen LogP contribution in [0.25, 0.3) is 0 Å². The minimum Gasteiger partial charge on any atom is -0.494 e. The molecule has 0 aromatic heterocycles. The lowest BCUT2D eigenvalue weighted by Gasteiger charge is -2.14. The second-order valence-electron chi connectivity index (χ2n) is 5.11. The second kappa shape index (κ2) is 6.26. The summed E-state index contributed by atoms with van der Waals surface area (Å²) in [5.41, 5.74) is 2.30. The van der Waals surface area contributed by atoms with Crippen LogP contribution in [0.4, 0.5) is 0 Å². The zero-order chi connectivity index (χ0) is 13.8. The maximum absolute atomic E-state index is 9.27. The number of hydrogen-bond acceptors (Lipinski definition) is 4. The Hall–Kier alpha value is -1.26. The van der Waals surface area contributed by atoms with Crippen LogP contribution < -0.4 is 14.8 Å². The Bertz CT molecular complexity index is 432. The van der Waals surface area contributed by atoms with Crippen molar-refractivity contribution in [2.24, 2.45) is 0 Å². The van der Waals surface area contributed by atoms with Gasteiger partial charge in [0, 0.05) is 30.6 Å². The average molecular weight is 265 g/mol. The van der Waals surface area contributed by atoms with E-state index in [1.807, 2.05) is 6.92 Å². The fourth-order valence-corrected chi connectivity index (χ4v) is 2.33. The number of ether oxygens (including phenoxy) is 2. The monoisotopic (exact) mass is 265 g/mol. The van der Waals surface area contributed by atoms with Crippen molar-refractivity contribution in [3.8, 4) is 11.5 Å². The highest BCUT2D eigenvalue weighted by molar-refractivity contribution is 5.48. The van der Waals surface area contributed by atoms with Gasteiger partial charge in [-0.25, -0.2) is 0 Å². The fraction of sp³-hybridized carbons (Fsp3) is 0.600.